The van der Waals surface area contributed by atoms with Gasteiger partial charge in [-0.15, -0.1) is 0 Å². The van der Waals surface area contributed by atoms with Crippen molar-refractivity contribution in [2.24, 2.45) is 11.8 Å². The van der Waals surface area contributed by atoms with Crippen molar-refractivity contribution in [2.75, 3.05) is 5.73 Å². The topological polar surface area (TPSA) is 72.2 Å². The van der Waals surface area contributed by atoms with E-state index >= 15 is 0 Å². The van der Waals surface area contributed by atoms with Crippen LogP contribution in [-0.2, 0) is 15.8 Å². The SMILES string of the molecule is CC1CC(C)CC(NS(=O)(=O)Cc2ccc(N)cc2)C1. The van der Waals surface area contributed by atoms with Gasteiger partial charge in [-0.05, 0) is 48.8 Å². The van der Waals surface area contributed by atoms with Crippen molar-refractivity contribution < 1.29 is 8.42 Å². The van der Waals surface area contributed by atoms with E-state index in [4.69, 9.17) is 5.73 Å². The van der Waals surface area contributed by atoms with Gasteiger partial charge in [0.2, 0.25) is 10.0 Å². The Morgan fingerprint density at radius 2 is 1.65 bits per heavy atom. The molecule has 2 atom stereocenters. The molecule has 112 valence electrons. The van der Waals surface area contributed by atoms with Gasteiger partial charge in [0.15, 0.2) is 0 Å². The minimum Gasteiger partial charge on any atom is -0.399 e. The number of hydrogen-bond donors (Lipinski definition) is 2. The summed E-state index contributed by atoms with van der Waals surface area (Å²) in [5, 5.41) is 0. The number of sulfonamides is 1. The number of anilines is 1. The Labute approximate surface area is 121 Å². The Bertz CT molecular complexity index is 529. The molecule has 20 heavy (non-hydrogen) atoms. The number of benzene rings is 1. The number of hydrogen-bond acceptors (Lipinski definition) is 3. The van der Waals surface area contributed by atoms with Crippen molar-refractivity contribution in [3.05, 3.63) is 29.8 Å². The average molecular weight is 296 g/mol. The molecule has 1 aromatic rings. The second kappa shape index (κ2) is 6.14. The van der Waals surface area contributed by atoms with Gasteiger partial charge in [0.05, 0.1) is 5.75 Å². The van der Waals surface area contributed by atoms with Crippen LogP contribution in [0.2, 0.25) is 0 Å². The summed E-state index contributed by atoms with van der Waals surface area (Å²) < 4.78 is 27.3. The van der Waals surface area contributed by atoms with E-state index in [1.54, 1.807) is 24.3 Å². The highest BCUT2D eigenvalue weighted by atomic mass is 32.2. The molecule has 0 aromatic heterocycles. The van der Waals surface area contributed by atoms with Gasteiger partial charge in [0.25, 0.3) is 0 Å². The first kappa shape index (κ1) is 15.3. The third-order valence-electron chi connectivity index (χ3n) is 3.86. The lowest BCUT2D eigenvalue weighted by atomic mass is 9.81. The third-order valence-corrected chi connectivity index (χ3v) is 5.27. The smallest absolute Gasteiger partial charge is 0.216 e. The van der Waals surface area contributed by atoms with Crippen LogP contribution in [0.5, 0.6) is 0 Å². The first-order valence-electron chi connectivity index (χ1n) is 7.18. The maximum Gasteiger partial charge on any atom is 0.216 e. The highest BCUT2D eigenvalue weighted by Gasteiger charge is 2.27. The Balaban J connectivity index is 1.98. The van der Waals surface area contributed by atoms with Gasteiger partial charge in [-0.2, -0.15) is 0 Å². The molecule has 1 aliphatic carbocycles. The van der Waals surface area contributed by atoms with Crippen LogP contribution >= 0.6 is 0 Å². The molecule has 1 aliphatic rings. The molecule has 0 radical (unpaired) electrons. The second-order valence-corrected chi connectivity index (χ2v) is 7.99. The Hall–Kier alpha value is -1.07. The second-order valence-electron chi connectivity index (χ2n) is 6.23. The molecule has 2 unspecified atom stereocenters. The molecule has 0 amide bonds. The van der Waals surface area contributed by atoms with Gasteiger partial charge in [-0.1, -0.05) is 26.0 Å². The first-order valence-corrected chi connectivity index (χ1v) is 8.83. The van der Waals surface area contributed by atoms with E-state index in [1.165, 1.54) is 6.42 Å². The zero-order valence-electron chi connectivity index (χ0n) is 12.2. The largest absolute Gasteiger partial charge is 0.399 e. The van der Waals surface area contributed by atoms with Gasteiger partial charge in [0, 0.05) is 11.7 Å². The molecule has 0 heterocycles. The van der Waals surface area contributed by atoms with Crippen LogP contribution < -0.4 is 10.5 Å². The zero-order valence-corrected chi connectivity index (χ0v) is 13.0. The van der Waals surface area contributed by atoms with Crippen molar-refractivity contribution in [2.45, 2.75) is 44.9 Å². The van der Waals surface area contributed by atoms with Crippen molar-refractivity contribution >= 4 is 15.7 Å². The zero-order chi connectivity index (χ0) is 14.8. The van der Waals surface area contributed by atoms with E-state index in [0.717, 1.165) is 18.4 Å². The summed E-state index contributed by atoms with van der Waals surface area (Å²) in [4.78, 5) is 0. The van der Waals surface area contributed by atoms with E-state index in [2.05, 4.69) is 18.6 Å². The predicted molar refractivity (Wildman–Crippen MR) is 82.6 cm³/mol. The monoisotopic (exact) mass is 296 g/mol. The van der Waals surface area contributed by atoms with Crippen LogP contribution in [0.15, 0.2) is 24.3 Å². The molecule has 1 fully saturated rings. The van der Waals surface area contributed by atoms with E-state index in [-0.39, 0.29) is 11.8 Å². The summed E-state index contributed by atoms with van der Waals surface area (Å²) in [7, 11) is -3.28. The van der Waals surface area contributed by atoms with Gasteiger partial charge < -0.3 is 5.73 Å². The first-order chi connectivity index (χ1) is 9.34. The van der Waals surface area contributed by atoms with Gasteiger partial charge in [0.1, 0.15) is 0 Å². The maximum absolute atomic E-state index is 12.2. The average Bonchev–Trinajstić information content (AvgIpc) is 2.29. The molecule has 1 aromatic carbocycles. The number of rotatable bonds is 4. The highest BCUT2D eigenvalue weighted by Crippen LogP contribution is 2.29. The van der Waals surface area contributed by atoms with Crippen LogP contribution in [0.3, 0.4) is 0 Å². The third kappa shape index (κ3) is 4.49. The lowest BCUT2D eigenvalue weighted by Crippen LogP contribution is -2.40. The molecule has 0 spiro atoms. The molecule has 0 aliphatic heterocycles. The van der Waals surface area contributed by atoms with Crippen LogP contribution in [0.25, 0.3) is 0 Å². The molecule has 2 rings (SSSR count). The fourth-order valence-electron chi connectivity index (χ4n) is 3.17. The molecular formula is C15H24N2O2S. The maximum atomic E-state index is 12.2. The summed E-state index contributed by atoms with van der Waals surface area (Å²) in [5.41, 5.74) is 7.02. The Morgan fingerprint density at radius 3 is 2.20 bits per heavy atom. The van der Waals surface area contributed by atoms with Crippen LogP contribution in [0.4, 0.5) is 5.69 Å². The van der Waals surface area contributed by atoms with E-state index < -0.39 is 10.0 Å². The fourth-order valence-corrected chi connectivity index (χ4v) is 4.59. The summed E-state index contributed by atoms with van der Waals surface area (Å²) in [6, 6.07) is 7.07. The lowest BCUT2D eigenvalue weighted by molar-refractivity contribution is 0.257. The van der Waals surface area contributed by atoms with E-state index in [9.17, 15) is 8.42 Å². The predicted octanol–water partition coefficient (Wildman–Crippen LogP) is 2.51. The number of nitrogens with one attached hydrogen (secondary N) is 1. The normalized spacial score (nSPS) is 27.4. The van der Waals surface area contributed by atoms with Crippen LogP contribution in [-0.4, -0.2) is 14.5 Å². The lowest BCUT2D eigenvalue weighted by Gasteiger charge is -2.31. The standard InChI is InChI=1S/C15H24N2O2S/c1-11-7-12(2)9-15(8-11)17-20(18,19)10-13-3-5-14(16)6-4-13/h3-6,11-12,15,17H,7-10,16H2,1-2H3. The Morgan fingerprint density at radius 1 is 1.10 bits per heavy atom. The molecule has 5 heteroatoms. The van der Waals surface area contributed by atoms with Crippen LogP contribution in [0, 0.1) is 11.8 Å². The summed E-state index contributed by atoms with van der Waals surface area (Å²) in [5.74, 6) is 1.19. The van der Waals surface area contributed by atoms with Gasteiger partial charge in [-0.25, -0.2) is 13.1 Å². The summed E-state index contributed by atoms with van der Waals surface area (Å²) >= 11 is 0. The van der Waals surface area contributed by atoms with Gasteiger partial charge >= 0.3 is 0 Å². The molecule has 4 nitrogen and oxygen atoms in total. The summed E-state index contributed by atoms with van der Waals surface area (Å²) in [6.45, 7) is 4.38. The molecular weight excluding hydrogens is 272 g/mol. The number of nitrogens with two attached hydrogens (primary N) is 1. The van der Waals surface area contributed by atoms with Crippen molar-refractivity contribution in [1.29, 1.82) is 0 Å². The van der Waals surface area contributed by atoms with Crippen molar-refractivity contribution in [1.82, 2.24) is 4.72 Å². The minimum atomic E-state index is -3.28. The molecule has 1 saturated carbocycles. The summed E-state index contributed by atoms with van der Waals surface area (Å²) in [6.07, 6.45) is 3.06. The van der Waals surface area contributed by atoms with E-state index in [1.807, 2.05) is 0 Å². The van der Waals surface area contributed by atoms with Gasteiger partial charge in [-0.3, -0.25) is 0 Å². The van der Waals surface area contributed by atoms with E-state index in [0.29, 0.717) is 17.5 Å². The van der Waals surface area contributed by atoms with Crippen molar-refractivity contribution in [3.8, 4) is 0 Å². The highest BCUT2D eigenvalue weighted by molar-refractivity contribution is 7.88. The Kier molecular flexibility index (Phi) is 4.70. The molecule has 0 bridgehead atoms. The van der Waals surface area contributed by atoms with Crippen molar-refractivity contribution in [3.63, 3.8) is 0 Å². The molecule has 3 N–H and O–H groups in total. The minimum absolute atomic E-state index is 0.0204. The molecule has 0 saturated heterocycles. The number of nitrogen functional groups attached to an aromatic ring is 1. The fraction of sp³-hybridized carbons (Fsp3) is 0.600. The van der Waals surface area contributed by atoms with Crippen LogP contribution in [0.1, 0.15) is 38.7 Å². The quantitative estimate of drug-likeness (QED) is 0.839.